The van der Waals surface area contributed by atoms with E-state index in [0.29, 0.717) is 38.2 Å². The first-order valence-electron chi connectivity index (χ1n) is 10.3. The first-order valence-corrected chi connectivity index (χ1v) is 10.3. The van der Waals surface area contributed by atoms with Crippen molar-refractivity contribution in [2.45, 2.75) is 53.2 Å². The van der Waals surface area contributed by atoms with Crippen molar-refractivity contribution in [1.82, 2.24) is 15.6 Å². The second-order valence-electron chi connectivity index (χ2n) is 7.14. The van der Waals surface area contributed by atoms with Gasteiger partial charge in [0.05, 0.1) is 25.9 Å². The lowest BCUT2D eigenvalue weighted by Gasteiger charge is -2.16. The summed E-state index contributed by atoms with van der Waals surface area (Å²) in [6.45, 7) is 12.7. The van der Waals surface area contributed by atoms with Gasteiger partial charge in [-0.05, 0) is 44.2 Å². The van der Waals surface area contributed by atoms with Gasteiger partial charge in [-0.15, -0.1) is 24.0 Å². The lowest BCUT2D eigenvalue weighted by atomic mass is 10.1. The van der Waals surface area contributed by atoms with Gasteiger partial charge in [0.25, 0.3) is 0 Å². The van der Waals surface area contributed by atoms with Gasteiger partial charge in [0.1, 0.15) is 0 Å². The van der Waals surface area contributed by atoms with E-state index in [4.69, 9.17) is 14.2 Å². The van der Waals surface area contributed by atoms with Crippen LogP contribution in [0.2, 0.25) is 0 Å². The average Bonchev–Trinajstić information content (AvgIpc) is 2.65. The highest BCUT2D eigenvalue weighted by molar-refractivity contribution is 14.0. The van der Waals surface area contributed by atoms with Crippen LogP contribution in [0.4, 0.5) is 0 Å². The second kappa shape index (κ2) is 17.7. The highest BCUT2D eigenvalue weighted by Gasteiger charge is 2.08. The molecule has 0 aliphatic heterocycles. The molecule has 0 aliphatic carbocycles. The molecule has 7 nitrogen and oxygen atoms in total. The lowest BCUT2D eigenvalue weighted by molar-refractivity contribution is 0.0698. The molecule has 0 fully saturated rings. The van der Waals surface area contributed by atoms with E-state index >= 15 is 0 Å². The Morgan fingerprint density at radius 1 is 1.17 bits per heavy atom. The van der Waals surface area contributed by atoms with Crippen LogP contribution in [0, 0.1) is 5.92 Å². The minimum absolute atomic E-state index is 0. The van der Waals surface area contributed by atoms with Gasteiger partial charge in [0.2, 0.25) is 5.88 Å². The summed E-state index contributed by atoms with van der Waals surface area (Å²) in [5.74, 6) is 2.06. The number of aromatic nitrogens is 1. The summed E-state index contributed by atoms with van der Waals surface area (Å²) in [6.07, 6.45) is 3.85. The topological polar surface area (TPSA) is 77.0 Å². The summed E-state index contributed by atoms with van der Waals surface area (Å²) < 4.78 is 16.3. The summed E-state index contributed by atoms with van der Waals surface area (Å²) in [5.41, 5.74) is 1.07. The van der Waals surface area contributed by atoms with Crippen LogP contribution >= 0.6 is 24.0 Å². The maximum atomic E-state index is 5.93. The second-order valence-corrected chi connectivity index (χ2v) is 7.14. The number of halogens is 1. The summed E-state index contributed by atoms with van der Waals surface area (Å²) in [7, 11) is 1.67. The molecule has 0 bridgehead atoms. The summed E-state index contributed by atoms with van der Waals surface area (Å²) in [6, 6.07) is 3.93. The first-order chi connectivity index (χ1) is 13.5. The molecule has 168 valence electrons. The molecule has 0 amide bonds. The molecule has 8 heteroatoms. The zero-order valence-corrected chi connectivity index (χ0v) is 20.9. The zero-order chi connectivity index (χ0) is 20.6. The fraction of sp³-hybridized carbons (Fsp3) is 0.714. The summed E-state index contributed by atoms with van der Waals surface area (Å²) >= 11 is 0. The van der Waals surface area contributed by atoms with Crippen LogP contribution in [-0.2, 0) is 16.0 Å². The molecular weight excluding hydrogens is 483 g/mol. The number of pyridine rings is 1. The Hall–Kier alpha value is -1.13. The van der Waals surface area contributed by atoms with Crippen molar-refractivity contribution in [3.05, 3.63) is 23.9 Å². The predicted molar refractivity (Wildman–Crippen MR) is 129 cm³/mol. The SMILES string of the molecule is CCNC(=NCc1ccnc(OC(C)CC(C)C)c1)NCCCOCCOC.I. The van der Waals surface area contributed by atoms with Crippen molar-refractivity contribution in [3.63, 3.8) is 0 Å². The van der Waals surface area contributed by atoms with E-state index in [2.05, 4.69) is 48.3 Å². The highest BCUT2D eigenvalue weighted by atomic mass is 127. The van der Waals surface area contributed by atoms with Gasteiger partial charge in [-0.1, -0.05) is 13.8 Å². The number of guanidine groups is 1. The van der Waals surface area contributed by atoms with Crippen LogP contribution < -0.4 is 15.4 Å². The molecule has 0 radical (unpaired) electrons. The number of aliphatic imine (C=N–C) groups is 1. The molecule has 1 atom stereocenters. The average molecular weight is 522 g/mol. The zero-order valence-electron chi connectivity index (χ0n) is 18.6. The van der Waals surface area contributed by atoms with Gasteiger partial charge < -0.3 is 24.8 Å². The third-order valence-electron chi connectivity index (χ3n) is 3.88. The van der Waals surface area contributed by atoms with Gasteiger partial charge in [-0.2, -0.15) is 0 Å². The fourth-order valence-electron chi connectivity index (χ4n) is 2.67. The normalized spacial score (nSPS) is 12.4. The Balaban J connectivity index is 0.00000784. The third-order valence-corrected chi connectivity index (χ3v) is 3.88. The van der Waals surface area contributed by atoms with Crippen LogP contribution in [0.25, 0.3) is 0 Å². The minimum atomic E-state index is 0. The molecule has 2 N–H and O–H groups in total. The molecule has 1 aromatic rings. The predicted octanol–water partition coefficient (Wildman–Crippen LogP) is 3.62. The van der Waals surface area contributed by atoms with E-state index in [1.54, 1.807) is 13.3 Å². The number of nitrogens with zero attached hydrogens (tertiary/aromatic N) is 2. The van der Waals surface area contributed by atoms with Crippen LogP contribution in [0.5, 0.6) is 5.88 Å². The number of rotatable bonds is 14. The van der Waals surface area contributed by atoms with E-state index in [9.17, 15) is 0 Å². The van der Waals surface area contributed by atoms with Crippen molar-refractivity contribution in [2.75, 3.05) is 40.0 Å². The molecule has 0 spiro atoms. The molecule has 29 heavy (non-hydrogen) atoms. The molecule has 0 saturated carbocycles. The summed E-state index contributed by atoms with van der Waals surface area (Å²) in [4.78, 5) is 8.97. The van der Waals surface area contributed by atoms with Crippen LogP contribution in [-0.4, -0.2) is 57.1 Å². The van der Waals surface area contributed by atoms with E-state index in [1.165, 1.54) is 0 Å². The van der Waals surface area contributed by atoms with E-state index in [0.717, 1.165) is 37.5 Å². The Bertz CT molecular complexity index is 558. The number of hydrogen-bond donors (Lipinski definition) is 2. The quantitative estimate of drug-likeness (QED) is 0.168. The summed E-state index contributed by atoms with van der Waals surface area (Å²) in [5, 5.41) is 6.59. The Morgan fingerprint density at radius 2 is 1.97 bits per heavy atom. The number of nitrogens with one attached hydrogen (secondary N) is 2. The van der Waals surface area contributed by atoms with E-state index in [-0.39, 0.29) is 30.1 Å². The highest BCUT2D eigenvalue weighted by Crippen LogP contribution is 2.15. The fourth-order valence-corrected chi connectivity index (χ4v) is 2.67. The molecule has 1 rings (SSSR count). The Morgan fingerprint density at radius 3 is 2.66 bits per heavy atom. The van der Waals surface area contributed by atoms with Gasteiger partial charge in [-0.3, -0.25) is 0 Å². The smallest absolute Gasteiger partial charge is 0.213 e. The number of hydrogen-bond acceptors (Lipinski definition) is 5. The number of methoxy groups -OCH3 is 1. The van der Waals surface area contributed by atoms with Gasteiger partial charge in [0.15, 0.2) is 5.96 Å². The third kappa shape index (κ3) is 14.5. The van der Waals surface area contributed by atoms with Crippen molar-refractivity contribution in [1.29, 1.82) is 0 Å². The monoisotopic (exact) mass is 522 g/mol. The molecular formula is C21H39IN4O3. The molecule has 0 saturated heterocycles. The van der Waals surface area contributed by atoms with Crippen molar-refractivity contribution in [3.8, 4) is 5.88 Å². The number of ether oxygens (including phenoxy) is 3. The molecule has 1 unspecified atom stereocenters. The standard InChI is InChI=1S/C21H38N4O3.HI/c1-6-22-21(24-9-7-11-27-13-12-26-5)25-16-19-8-10-23-20(15-19)28-18(4)14-17(2)3;/h8,10,15,17-18H,6-7,9,11-14,16H2,1-5H3,(H2,22,24,25);1H. The van der Waals surface area contributed by atoms with E-state index < -0.39 is 0 Å². The Kier molecular flexibility index (Phi) is 17.0. The minimum Gasteiger partial charge on any atom is -0.475 e. The van der Waals surface area contributed by atoms with Crippen LogP contribution in [0.1, 0.15) is 46.1 Å². The molecule has 0 aliphatic rings. The van der Waals surface area contributed by atoms with Gasteiger partial charge >= 0.3 is 0 Å². The van der Waals surface area contributed by atoms with Gasteiger partial charge in [-0.25, -0.2) is 9.98 Å². The largest absolute Gasteiger partial charge is 0.475 e. The Labute approximate surface area is 193 Å². The van der Waals surface area contributed by atoms with E-state index in [1.807, 2.05) is 12.1 Å². The maximum absolute atomic E-state index is 5.93. The maximum Gasteiger partial charge on any atom is 0.213 e. The molecule has 1 heterocycles. The van der Waals surface area contributed by atoms with Crippen molar-refractivity contribution in [2.24, 2.45) is 10.9 Å². The van der Waals surface area contributed by atoms with Crippen LogP contribution in [0.3, 0.4) is 0 Å². The van der Waals surface area contributed by atoms with Gasteiger partial charge in [0, 0.05) is 39.1 Å². The molecule has 0 aromatic carbocycles. The van der Waals surface area contributed by atoms with Crippen LogP contribution in [0.15, 0.2) is 23.3 Å². The molecule has 1 aromatic heterocycles. The lowest BCUT2D eigenvalue weighted by Crippen LogP contribution is -2.38. The van der Waals surface area contributed by atoms with Crippen molar-refractivity contribution < 1.29 is 14.2 Å². The first kappa shape index (κ1) is 27.9. The van der Waals surface area contributed by atoms with Crippen molar-refractivity contribution >= 4 is 29.9 Å².